The standard InChI is InChI=1S/C28H25FN8O10S3.3Na/c1-37(2,3)18-7-4-16(5-8-18)30-27-32-26(29)33-28(34-27)31-17-6-11-22(49(42,43)44)21(14-17)35-36-24-20-10-9-19(48(39,40)41)12-15(20)13-23(25(24)38)50(45,46)47;;;/h4-14H,1-3H3,(H5-,30,31,32,33,34,35,38,39,40,41,42,43,44,45,46,47);;;/q;3*+1/p-2. The van der Waals surface area contributed by atoms with Crippen LogP contribution < -0.4 is 104 Å². The van der Waals surface area contributed by atoms with E-state index in [-0.39, 0.29) is 117 Å². The maximum absolute atomic E-state index is 14.4. The smallest absolute Gasteiger partial charge is 0.744 e. The van der Waals surface area contributed by atoms with Gasteiger partial charge in [-0.2, -0.15) is 19.3 Å². The predicted molar refractivity (Wildman–Crippen MR) is 172 cm³/mol. The molecule has 0 fully saturated rings. The van der Waals surface area contributed by atoms with Gasteiger partial charge in [0.25, 0.3) is 0 Å². The van der Waals surface area contributed by atoms with Crippen LogP contribution in [0.1, 0.15) is 0 Å². The van der Waals surface area contributed by atoms with Crippen LogP contribution in [0.25, 0.3) is 10.8 Å². The number of quaternary nitrogens is 1. The number of fused-ring (bicyclic) bond motifs is 1. The molecule has 0 spiro atoms. The van der Waals surface area contributed by atoms with E-state index in [0.29, 0.717) is 16.2 Å². The van der Waals surface area contributed by atoms with Crippen molar-refractivity contribution in [2.45, 2.75) is 14.7 Å². The minimum Gasteiger partial charge on any atom is -0.744 e. The van der Waals surface area contributed by atoms with Crippen molar-refractivity contribution in [2.75, 3.05) is 31.8 Å². The van der Waals surface area contributed by atoms with E-state index in [1.54, 1.807) is 12.1 Å². The first-order chi connectivity index (χ1) is 23.1. The van der Waals surface area contributed by atoms with Crippen LogP contribution in [-0.4, -0.2) is 80.1 Å². The maximum atomic E-state index is 14.4. The summed E-state index contributed by atoms with van der Waals surface area (Å²) in [6, 6.07) is 13.1. The van der Waals surface area contributed by atoms with Gasteiger partial charge in [-0.1, -0.05) is 6.07 Å². The second-order valence-corrected chi connectivity index (χ2v) is 15.3. The summed E-state index contributed by atoms with van der Waals surface area (Å²) in [5, 5.41) is 22.9. The van der Waals surface area contributed by atoms with Crippen LogP contribution in [0.15, 0.2) is 91.6 Å². The van der Waals surface area contributed by atoms with E-state index in [4.69, 9.17) is 0 Å². The maximum Gasteiger partial charge on any atom is 1.00 e. The molecule has 0 aliphatic carbocycles. The Morgan fingerprint density at radius 1 is 0.679 bits per heavy atom. The Morgan fingerprint density at radius 2 is 1.23 bits per heavy atom. The van der Waals surface area contributed by atoms with Crippen LogP contribution in [0.5, 0.6) is 5.75 Å². The summed E-state index contributed by atoms with van der Waals surface area (Å²) in [5.74, 6) is -1.83. The molecule has 0 unspecified atom stereocenters. The van der Waals surface area contributed by atoms with E-state index < -0.39 is 68.2 Å². The first kappa shape index (κ1) is 46.9. The zero-order valence-corrected chi connectivity index (χ0v) is 37.2. The Morgan fingerprint density at radius 3 is 1.75 bits per heavy atom. The van der Waals surface area contributed by atoms with Gasteiger partial charge >= 0.3 is 94.8 Å². The molecule has 1 aromatic heterocycles. The van der Waals surface area contributed by atoms with Gasteiger partial charge in [0, 0.05) is 28.9 Å². The van der Waals surface area contributed by atoms with Crippen LogP contribution in [0.2, 0.25) is 0 Å². The van der Waals surface area contributed by atoms with Crippen molar-refractivity contribution >= 4 is 81.5 Å². The van der Waals surface area contributed by atoms with Gasteiger partial charge in [-0.15, -0.1) is 10.2 Å². The number of hydrogen-bond donors (Lipinski definition) is 3. The molecular weight excluding hydrogens is 793 g/mol. The van der Waals surface area contributed by atoms with E-state index in [2.05, 4.69) is 35.8 Å². The van der Waals surface area contributed by atoms with Crippen molar-refractivity contribution < 1.29 is 137 Å². The van der Waals surface area contributed by atoms with Crippen LogP contribution in [-0.2, 0) is 30.4 Å². The van der Waals surface area contributed by atoms with E-state index in [0.717, 1.165) is 42.1 Å². The first-order valence-electron chi connectivity index (χ1n) is 13.7. The Hall–Kier alpha value is -2.23. The Labute approximate surface area is 369 Å². The molecule has 0 aliphatic heterocycles. The average molecular weight is 816 g/mol. The average Bonchev–Trinajstić information content (AvgIpc) is 2.98. The predicted octanol–water partition coefficient (Wildman–Crippen LogP) is -5.31. The molecule has 0 radical (unpaired) electrons. The fraction of sp³-hybridized carbons (Fsp3) is 0.107. The van der Waals surface area contributed by atoms with Gasteiger partial charge in [0.1, 0.15) is 47.4 Å². The molecule has 0 saturated heterocycles. The third-order valence-corrected chi connectivity index (χ3v) is 9.39. The Balaban J connectivity index is 0.00000324. The van der Waals surface area contributed by atoms with Crippen molar-refractivity contribution in [3.8, 4) is 5.75 Å². The van der Waals surface area contributed by atoms with Gasteiger partial charge in [-0.3, -0.25) is 4.48 Å². The number of aromatic nitrogens is 3. The Kier molecular flexibility index (Phi) is 15.7. The van der Waals surface area contributed by atoms with Crippen molar-refractivity contribution in [3.05, 3.63) is 72.8 Å². The summed E-state index contributed by atoms with van der Waals surface area (Å²) in [6.07, 6.45) is -1.20. The number of nitrogens with one attached hydrogen (secondary N) is 2. The third kappa shape index (κ3) is 11.6. The number of rotatable bonds is 10. The van der Waals surface area contributed by atoms with E-state index in [9.17, 15) is 48.4 Å². The number of azo groups is 1. The number of nitrogens with zero attached hydrogens (tertiary/aromatic N) is 6. The molecule has 5 rings (SSSR count). The molecule has 262 valence electrons. The van der Waals surface area contributed by atoms with Crippen molar-refractivity contribution in [1.82, 2.24) is 19.4 Å². The minimum absolute atomic E-state index is 0. The van der Waals surface area contributed by atoms with Gasteiger partial charge < -0.3 is 29.4 Å². The molecule has 3 N–H and O–H groups in total. The fourth-order valence-corrected chi connectivity index (χ4v) is 6.18. The van der Waals surface area contributed by atoms with E-state index >= 15 is 0 Å². The van der Waals surface area contributed by atoms with Crippen LogP contribution in [0, 0.1) is 6.08 Å². The van der Waals surface area contributed by atoms with Gasteiger partial charge in [0.15, 0.2) is 5.75 Å². The monoisotopic (exact) mass is 815 g/mol. The van der Waals surface area contributed by atoms with Crippen molar-refractivity contribution in [2.24, 2.45) is 10.2 Å². The molecule has 1 heterocycles. The summed E-state index contributed by atoms with van der Waals surface area (Å²) in [6.45, 7) is 0. The summed E-state index contributed by atoms with van der Waals surface area (Å²) >= 11 is 0. The summed E-state index contributed by atoms with van der Waals surface area (Å²) in [5.41, 5.74) is -0.0139. The van der Waals surface area contributed by atoms with Gasteiger partial charge in [-0.25, -0.2) is 25.3 Å². The number of benzene rings is 4. The number of phenolic OH excluding ortho intramolecular Hbond substituents is 1. The quantitative estimate of drug-likeness (QED) is 0.0514. The van der Waals surface area contributed by atoms with Gasteiger partial charge in [0.05, 0.1) is 35.8 Å². The van der Waals surface area contributed by atoms with E-state index in [1.165, 1.54) is 0 Å². The summed E-state index contributed by atoms with van der Waals surface area (Å²) in [4.78, 5) is 8.23. The molecule has 0 atom stereocenters. The van der Waals surface area contributed by atoms with E-state index in [1.807, 2.05) is 33.3 Å². The summed E-state index contributed by atoms with van der Waals surface area (Å²) < 4.78 is 121. The topological polar surface area (TPSA) is 279 Å². The van der Waals surface area contributed by atoms with Gasteiger partial charge in [-0.05, 0) is 53.9 Å². The number of halogens is 1. The molecule has 53 heavy (non-hydrogen) atoms. The zero-order chi connectivity index (χ0) is 36.8. The molecular formula is C28H23FN8Na3O10S3+. The van der Waals surface area contributed by atoms with Crippen molar-refractivity contribution in [3.63, 3.8) is 0 Å². The van der Waals surface area contributed by atoms with Crippen molar-refractivity contribution in [1.29, 1.82) is 0 Å². The number of phenols is 1. The largest absolute Gasteiger partial charge is 1.00 e. The molecule has 0 saturated carbocycles. The molecule has 0 amide bonds. The second-order valence-electron chi connectivity index (χ2n) is 11.3. The van der Waals surface area contributed by atoms with Crippen LogP contribution in [0.4, 0.5) is 44.7 Å². The number of aromatic hydroxyl groups is 1. The number of anilines is 4. The minimum atomic E-state index is -5.43. The molecule has 25 heteroatoms. The van der Waals surface area contributed by atoms with Crippen LogP contribution >= 0.6 is 0 Å². The molecule has 0 aliphatic rings. The normalized spacial score (nSPS) is 12.1. The zero-order valence-electron chi connectivity index (χ0n) is 28.8. The SMILES string of the molecule is C[N+](C)(C)c1ccc(Nc2nc(F)nc(Nc3ccc(S(=O)(=O)[O-])c(N=Nc4c(O)c(S(=O)(=O)[O-])cc5cc(S(=O)(=O)[O-])ccc45)c3)n2)cc1.[Na+].[Na+].[Na+]. The summed E-state index contributed by atoms with van der Waals surface area (Å²) in [7, 11) is -9.80. The van der Waals surface area contributed by atoms with Gasteiger partial charge in [0.2, 0.25) is 11.9 Å². The third-order valence-electron chi connectivity index (χ3n) is 6.83. The fourth-order valence-electron chi connectivity index (χ4n) is 4.48. The van der Waals surface area contributed by atoms with Crippen LogP contribution in [0.3, 0.4) is 0 Å². The second kappa shape index (κ2) is 17.7. The number of hydrogen-bond acceptors (Lipinski definition) is 17. The Bertz CT molecular complexity index is 2540. The first-order valence-corrected chi connectivity index (χ1v) is 17.9. The molecule has 5 aromatic rings. The molecule has 4 aromatic carbocycles. The molecule has 18 nitrogen and oxygen atoms in total. The molecule has 0 bridgehead atoms.